The molecule has 0 N–H and O–H groups in total. The molecule has 0 aliphatic rings. The zero-order chi connectivity index (χ0) is 17.0. The summed E-state index contributed by atoms with van der Waals surface area (Å²) in [6, 6.07) is 5.29. The van der Waals surface area contributed by atoms with Gasteiger partial charge in [-0.3, -0.25) is 9.59 Å². The Morgan fingerprint density at radius 1 is 1.39 bits per heavy atom. The zero-order valence-electron chi connectivity index (χ0n) is 13.5. The van der Waals surface area contributed by atoms with Crippen LogP contribution in [0.4, 0.5) is 0 Å². The van der Waals surface area contributed by atoms with Crippen molar-refractivity contribution in [3.05, 3.63) is 29.0 Å². The van der Waals surface area contributed by atoms with E-state index >= 15 is 0 Å². The average molecular weight is 338 g/mol. The third kappa shape index (κ3) is 4.01. The second-order valence-electron chi connectivity index (χ2n) is 5.28. The molecule has 0 atom stereocenters. The molecule has 1 amide bonds. The maximum atomic E-state index is 12.5. The summed E-state index contributed by atoms with van der Waals surface area (Å²) < 4.78 is 6.60. The average Bonchev–Trinajstić information content (AvgIpc) is 2.81. The summed E-state index contributed by atoms with van der Waals surface area (Å²) in [6.07, 6.45) is 0.878. The summed E-state index contributed by atoms with van der Waals surface area (Å²) in [6.45, 7) is 2.64. The third-order valence-electron chi connectivity index (χ3n) is 3.60. The van der Waals surface area contributed by atoms with Crippen molar-refractivity contribution < 1.29 is 14.3 Å². The van der Waals surface area contributed by atoms with E-state index in [-0.39, 0.29) is 11.9 Å². The number of carbonyl (C=O) groups is 2. The second kappa shape index (κ2) is 7.46. The number of rotatable bonds is 6. The van der Waals surface area contributed by atoms with Gasteiger partial charge in [-0.15, -0.1) is 0 Å². The first kappa shape index (κ1) is 17.3. The number of aryl methyl sites for hydroxylation is 1. The third-order valence-corrected chi connectivity index (χ3v) is 3.94. The number of ether oxygens (including phenoxy) is 1. The molecule has 2 rings (SSSR count). The molecule has 1 aromatic carbocycles. The number of fused-ring (bicyclic) bond motifs is 1. The van der Waals surface area contributed by atoms with Gasteiger partial charge in [-0.25, -0.2) is 4.98 Å². The van der Waals surface area contributed by atoms with Gasteiger partial charge < -0.3 is 14.2 Å². The summed E-state index contributed by atoms with van der Waals surface area (Å²) in [7, 11) is 3.52. The van der Waals surface area contributed by atoms with E-state index in [1.165, 1.54) is 0 Å². The van der Waals surface area contributed by atoms with Crippen molar-refractivity contribution in [3.8, 4) is 0 Å². The fourth-order valence-corrected chi connectivity index (χ4v) is 2.49. The molecule has 6 nitrogen and oxygen atoms in total. The fraction of sp³-hybridized carbons (Fsp3) is 0.438. The van der Waals surface area contributed by atoms with Crippen LogP contribution in [0.3, 0.4) is 0 Å². The topological polar surface area (TPSA) is 64.4 Å². The van der Waals surface area contributed by atoms with Crippen LogP contribution in [0.15, 0.2) is 18.2 Å². The highest BCUT2D eigenvalue weighted by Gasteiger charge is 2.15. The Bertz CT molecular complexity index is 727. The van der Waals surface area contributed by atoms with Crippen LogP contribution < -0.4 is 0 Å². The number of hydrogen-bond acceptors (Lipinski definition) is 4. The Morgan fingerprint density at radius 2 is 2.13 bits per heavy atom. The highest BCUT2D eigenvalue weighted by molar-refractivity contribution is 6.29. The Balaban J connectivity index is 2.02. The number of imidazole rings is 1. The fourth-order valence-electron chi connectivity index (χ4n) is 2.31. The Labute approximate surface area is 140 Å². The van der Waals surface area contributed by atoms with Gasteiger partial charge in [-0.1, -0.05) is 0 Å². The molecule has 1 heterocycles. The van der Waals surface area contributed by atoms with Gasteiger partial charge in [0.15, 0.2) is 0 Å². The number of halogens is 1. The van der Waals surface area contributed by atoms with Crippen LogP contribution in [0, 0.1) is 0 Å². The highest BCUT2D eigenvalue weighted by atomic mass is 35.5. The highest BCUT2D eigenvalue weighted by Crippen LogP contribution is 2.20. The van der Waals surface area contributed by atoms with Gasteiger partial charge in [0.05, 0.1) is 17.6 Å². The van der Waals surface area contributed by atoms with E-state index in [9.17, 15) is 9.59 Å². The van der Waals surface area contributed by atoms with Gasteiger partial charge >= 0.3 is 5.97 Å². The van der Waals surface area contributed by atoms with Gasteiger partial charge in [0.25, 0.3) is 5.91 Å². The molecule has 1 aromatic heterocycles. The van der Waals surface area contributed by atoms with Crippen LogP contribution in [0.2, 0.25) is 5.28 Å². The van der Waals surface area contributed by atoms with E-state index in [4.69, 9.17) is 16.3 Å². The van der Waals surface area contributed by atoms with Gasteiger partial charge in [-0.2, -0.15) is 0 Å². The number of benzene rings is 1. The first-order valence-corrected chi connectivity index (χ1v) is 7.85. The standard InChI is InChI=1S/C16H20ClN3O3/c1-4-23-14(21)6-5-9-19(2)15(22)11-7-8-12-13(10-11)20(3)16(17)18-12/h7-8,10H,4-6,9H2,1-3H3. The lowest BCUT2D eigenvalue weighted by atomic mass is 10.1. The minimum Gasteiger partial charge on any atom is -0.466 e. The monoisotopic (exact) mass is 337 g/mol. The predicted molar refractivity (Wildman–Crippen MR) is 88.6 cm³/mol. The number of esters is 1. The van der Waals surface area contributed by atoms with Crippen molar-refractivity contribution in [2.75, 3.05) is 20.2 Å². The molecular formula is C16H20ClN3O3. The van der Waals surface area contributed by atoms with E-state index in [0.29, 0.717) is 36.8 Å². The molecular weight excluding hydrogens is 318 g/mol. The van der Waals surface area contributed by atoms with Crippen molar-refractivity contribution in [1.82, 2.24) is 14.5 Å². The first-order chi connectivity index (χ1) is 10.9. The largest absolute Gasteiger partial charge is 0.466 e. The molecule has 0 aliphatic carbocycles. The number of amides is 1. The number of nitrogens with zero attached hydrogens (tertiary/aromatic N) is 3. The number of aromatic nitrogens is 2. The van der Waals surface area contributed by atoms with Gasteiger partial charge in [0.1, 0.15) is 0 Å². The molecule has 0 saturated heterocycles. The Hall–Kier alpha value is -2.08. The molecule has 2 aromatic rings. The number of carbonyl (C=O) groups excluding carboxylic acids is 2. The van der Waals surface area contributed by atoms with Crippen LogP contribution in [-0.2, 0) is 16.6 Å². The van der Waals surface area contributed by atoms with Crippen molar-refractivity contribution in [3.63, 3.8) is 0 Å². The van der Waals surface area contributed by atoms with Crippen molar-refractivity contribution in [2.24, 2.45) is 7.05 Å². The number of hydrogen-bond donors (Lipinski definition) is 0. The predicted octanol–water partition coefficient (Wildman–Crippen LogP) is 2.64. The maximum absolute atomic E-state index is 12.5. The van der Waals surface area contributed by atoms with Gasteiger partial charge in [0.2, 0.25) is 5.28 Å². The lowest BCUT2D eigenvalue weighted by Gasteiger charge is -2.17. The van der Waals surface area contributed by atoms with Crippen molar-refractivity contribution in [1.29, 1.82) is 0 Å². The van der Waals surface area contributed by atoms with E-state index in [1.807, 2.05) is 0 Å². The van der Waals surface area contributed by atoms with Crippen LogP contribution in [0.5, 0.6) is 0 Å². The normalized spacial score (nSPS) is 10.8. The lowest BCUT2D eigenvalue weighted by molar-refractivity contribution is -0.143. The molecule has 0 aliphatic heterocycles. The van der Waals surface area contributed by atoms with E-state index < -0.39 is 0 Å². The first-order valence-electron chi connectivity index (χ1n) is 7.47. The molecule has 0 bridgehead atoms. The van der Waals surface area contributed by atoms with Crippen LogP contribution in [-0.4, -0.2) is 46.5 Å². The van der Waals surface area contributed by atoms with E-state index in [1.54, 1.807) is 48.7 Å². The lowest BCUT2D eigenvalue weighted by Crippen LogP contribution is -2.28. The maximum Gasteiger partial charge on any atom is 0.305 e. The van der Waals surface area contributed by atoms with Crippen LogP contribution >= 0.6 is 11.6 Å². The van der Waals surface area contributed by atoms with Gasteiger partial charge in [0, 0.05) is 32.6 Å². The Kier molecular flexibility index (Phi) is 5.60. The van der Waals surface area contributed by atoms with E-state index in [0.717, 1.165) is 11.0 Å². The van der Waals surface area contributed by atoms with Crippen molar-refractivity contribution >= 4 is 34.5 Å². The quantitative estimate of drug-likeness (QED) is 0.760. The smallest absolute Gasteiger partial charge is 0.305 e. The zero-order valence-corrected chi connectivity index (χ0v) is 14.3. The second-order valence-corrected chi connectivity index (χ2v) is 5.62. The molecule has 0 fully saturated rings. The minimum absolute atomic E-state index is 0.104. The van der Waals surface area contributed by atoms with Crippen molar-refractivity contribution in [2.45, 2.75) is 19.8 Å². The molecule has 124 valence electrons. The van der Waals surface area contributed by atoms with E-state index in [2.05, 4.69) is 4.98 Å². The summed E-state index contributed by atoms with van der Waals surface area (Å²) in [5.74, 6) is -0.340. The van der Waals surface area contributed by atoms with Crippen LogP contribution in [0.1, 0.15) is 30.1 Å². The van der Waals surface area contributed by atoms with Gasteiger partial charge in [-0.05, 0) is 43.1 Å². The summed E-state index contributed by atoms with van der Waals surface area (Å²) in [5.41, 5.74) is 2.12. The molecule has 7 heteroatoms. The van der Waals surface area contributed by atoms with Crippen LogP contribution in [0.25, 0.3) is 11.0 Å². The Morgan fingerprint density at radius 3 is 2.83 bits per heavy atom. The molecule has 0 unspecified atom stereocenters. The summed E-state index contributed by atoms with van der Waals surface area (Å²) >= 11 is 5.98. The minimum atomic E-state index is -0.237. The molecule has 23 heavy (non-hydrogen) atoms. The SMILES string of the molecule is CCOC(=O)CCCN(C)C(=O)c1ccc2nc(Cl)n(C)c2c1. The summed E-state index contributed by atoms with van der Waals surface area (Å²) in [4.78, 5) is 29.5. The molecule has 0 radical (unpaired) electrons. The summed E-state index contributed by atoms with van der Waals surface area (Å²) in [5, 5.41) is 0.382. The molecule has 0 spiro atoms. The molecule has 0 saturated carbocycles.